The maximum absolute atomic E-state index is 14.7. The van der Waals surface area contributed by atoms with Crippen LogP contribution in [0.3, 0.4) is 0 Å². The van der Waals surface area contributed by atoms with Gasteiger partial charge in [-0.1, -0.05) is 48.5 Å². The van der Waals surface area contributed by atoms with Gasteiger partial charge >= 0.3 is 0 Å². The summed E-state index contributed by atoms with van der Waals surface area (Å²) in [5.41, 5.74) is 0.382. The number of carbonyl (C=O) groups is 2. The highest BCUT2D eigenvalue weighted by molar-refractivity contribution is 7.80. The molecule has 210 valence electrons. The maximum atomic E-state index is 14.7. The first kappa shape index (κ1) is 28.8. The van der Waals surface area contributed by atoms with Gasteiger partial charge < -0.3 is 29.9 Å². The first-order chi connectivity index (χ1) is 19.1. The zero-order valence-corrected chi connectivity index (χ0v) is 23.8. The molecular formula is C30H33FN4O4S. The average Bonchev–Trinajstić information content (AvgIpc) is 3.32. The molecule has 2 amide bonds. The molecule has 1 fully saturated rings. The number of anilines is 1. The third-order valence-corrected chi connectivity index (χ3v) is 7.37. The molecule has 1 saturated heterocycles. The predicted molar refractivity (Wildman–Crippen MR) is 156 cm³/mol. The van der Waals surface area contributed by atoms with E-state index in [1.165, 1.54) is 25.2 Å². The van der Waals surface area contributed by atoms with Crippen LogP contribution in [0.25, 0.3) is 0 Å². The van der Waals surface area contributed by atoms with E-state index in [0.717, 1.165) is 5.56 Å². The minimum Gasteiger partial charge on any atom is -0.497 e. The van der Waals surface area contributed by atoms with Crippen LogP contribution < -0.4 is 20.1 Å². The fourth-order valence-electron chi connectivity index (χ4n) is 4.54. The first-order valence-electron chi connectivity index (χ1n) is 12.8. The van der Waals surface area contributed by atoms with E-state index in [0.29, 0.717) is 34.4 Å². The molecule has 0 radical (unpaired) electrons. The van der Waals surface area contributed by atoms with Gasteiger partial charge in [-0.15, -0.1) is 0 Å². The molecule has 3 aromatic carbocycles. The van der Waals surface area contributed by atoms with Crippen molar-refractivity contribution in [1.29, 1.82) is 0 Å². The number of benzene rings is 3. The molecule has 0 aromatic heterocycles. The Bertz CT molecular complexity index is 1390. The number of halogens is 1. The minimum absolute atomic E-state index is 0.0691. The Kier molecular flexibility index (Phi) is 8.89. The number of rotatable bonds is 10. The molecule has 1 atom stereocenters. The smallest absolute Gasteiger partial charge is 0.249 e. The molecular weight excluding hydrogens is 531 g/mol. The van der Waals surface area contributed by atoms with Crippen LogP contribution in [0, 0.1) is 5.82 Å². The average molecular weight is 565 g/mol. The summed E-state index contributed by atoms with van der Waals surface area (Å²) >= 11 is 5.53. The number of hydrogen-bond donors (Lipinski definition) is 2. The summed E-state index contributed by atoms with van der Waals surface area (Å²) in [5.74, 6) is -0.339. The van der Waals surface area contributed by atoms with Crippen LogP contribution in [-0.2, 0) is 16.1 Å². The third-order valence-electron chi connectivity index (χ3n) is 6.99. The SMILES string of the molecule is COc1ccc(NC(=O)C(C)(C)N(Cc2ccccc2F)C(=O)CN2C[C@@H](c3ccccc3)NC2=S)c(OC)c1. The van der Waals surface area contributed by atoms with Crippen LogP contribution in [-0.4, -0.2) is 59.6 Å². The van der Waals surface area contributed by atoms with E-state index in [1.807, 2.05) is 30.3 Å². The van der Waals surface area contributed by atoms with Crippen LogP contribution >= 0.6 is 12.2 Å². The van der Waals surface area contributed by atoms with Crippen molar-refractivity contribution in [2.75, 3.05) is 32.6 Å². The minimum atomic E-state index is -1.38. The molecule has 0 bridgehead atoms. The second kappa shape index (κ2) is 12.3. The Hall–Kier alpha value is -4.18. The van der Waals surface area contributed by atoms with E-state index >= 15 is 0 Å². The van der Waals surface area contributed by atoms with Gasteiger partial charge in [-0.25, -0.2) is 4.39 Å². The molecule has 0 aliphatic carbocycles. The van der Waals surface area contributed by atoms with Gasteiger partial charge in [0.25, 0.3) is 0 Å². The van der Waals surface area contributed by atoms with Crippen LogP contribution in [0.2, 0.25) is 0 Å². The predicted octanol–water partition coefficient (Wildman–Crippen LogP) is 4.52. The number of amides is 2. The lowest BCUT2D eigenvalue weighted by atomic mass is 9.99. The van der Waals surface area contributed by atoms with Gasteiger partial charge in [-0.05, 0) is 49.8 Å². The van der Waals surface area contributed by atoms with Crippen LogP contribution in [0.15, 0.2) is 72.8 Å². The molecule has 0 saturated carbocycles. The Labute approximate surface area is 239 Å². The van der Waals surface area contributed by atoms with Gasteiger partial charge in [0.05, 0.1) is 32.5 Å². The summed E-state index contributed by atoms with van der Waals surface area (Å²) in [5, 5.41) is 6.57. The van der Waals surface area contributed by atoms with Crippen molar-refractivity contribution < 1.29 is 23.5 Å². The topological polar surface area (TPSA) is 83.1 Å². The summed E-state index contributed by atoms with van der Waals surface area (Å²) in [6.45, 7) is 3.56. The van der Waals surface area contributed by atoms with Crippen molar-refractivity contribution >= 4 is 34.8 Å². The molecule has 0 unspecified atom stereocenters. The van der Waals surface area contributed by atoms with Gasteiger partial charge in [-0.2, -0.15) is 0 Å². The molecule has 0 spiro atoms. The van der Waals surface area contributed by atoms with Crippen molar-refractivity contribution in [3.63, 3.8) is 0 Å². The zero-order valence-electron chi connectivity index (χ0n) is 22.9. The van der Waals surface area contributed by atoms with Gasteiger partial charge in [0.2, 0.25) is 11.8 Å². The number of carbonyl (C=O) groups excluding carboxylic acids is 2. The lowest BCUT2D eigenvalue weighted by molar-refractivity contribution is -0.144. The van der Waals surface area contributed by atoms with Crippen molar-refractivity contribution in [1.82, 2.24) is 15.1 Å². The number of ether oxygens (including phenoxy) is 2. The maximum Gasteiger partial charge on any atom is 0.249 e. The number of nitrogens with zero attached hydrogens (tertiary/aromatic N) is 2. The molecule has 10 heteroatoms. The molecule has 40 heavy (non-hydrogen) atoms. The van der Waals surface area contributed by atoms with Crippen LogP contribution in [0.5, 0.6) is 11.5 Å². The second-order valence-corrected chi connectivity index (χ2v) is 10.3. The number of nitrogens with one attached hydrogen (secondary N) is 2. The van der Waals surface area contributed by atoms with Gasteiger partial charge in [0.1, 0.15) is 22.9 Å². The Morgan fingerprint density at radius 3 is 2.45 bits per heavy atom. The van der Waals surface area contributed by atoms with E-state index in [2.05, 4.69) is 10.6 Å². The number of methoxy groups -OCH3 is 2. The van der Waals surface area contributed by atoms with Crippen molar-refractivity contribution in [2.45, 2.75) is 32.0 Å². The molecule has 4 rings (SSSR count). The highest BCUT2D eigenvalue weighted by Crippen LogP contribution is 2.31. The lowest BCUT2D eigenvalue weighted by Gasteiger charge is -2.38. The highest BCUT2D eigenvalue weighted by Gasteiger charge is 2.40. The molecule has 2 N–H and O–H groups in total. The summed E-state index contributed by atoms with van der Waals surface area (Å²) in [7, 11) is 3.02. The number of thiocarbonyl (C=S) groups is 1. The Morgan fingerprint density at radius 1 is 1.07 bits per heavy atom. The summed E-state index contributed by atoms with van der Waals surface area (Å²) < 4.78 is 25.4. The Morgan fingerprint density at radius 2 is 1.77 bits per heavy atom. The summed E-state index contributed by atoms with van der Waals surface area (Å²) in [4.78, 5) is 30.7. The normalized spacial score (nSPS) is 14.9. The fraction of sp³-hybridized carbons (Fsp3) is 0.300. The second-order valence-electron chi connectivity index (χ2n) is 9.94. The van der Waals surface area contributed by atoms with Crippen LogP contribution in [0.1, 0.15) is 31.0 Å². The number of hydrogen-bond acceptors (Lipinski definition) is 5. The third kappa shape index (κ3) is 6.34. The first-order valence-corrected chi connectivity index (χ1v) is 13.2. The molecule has 1 heterocycles. The van der Waals surface area contributed by atoms with Gasteiger partial charge in [0, 0.05) is 24.7 Å². The van der Waals surface area contributed by atoms with E-state index in [1.54, 1.807) is 55.1 Å². The van der Waals surface area contributed by atoms with Gasteiger partial charge in [-0.3, -0.25) is 9.59 Å². The summed E-state index contributed by atoms with van der Waals surface area (Å²) in [6, 6.07) is 21.0. The standard InChI is InChI=1S/C30H33FN4O4S/c1-30(2,28(37)32-24-15-14-22(38-3)16-26(24)39-4)35(17-21-12-8-9-13-23(21)31)27(36)19-34-18-25(33-29(34)40)20-10-6-5-7-11-20/h5-16,25H,17-19H2,1-4H3,(H,32,37)(H,33,40)/t25-/m0/s1. The van der Waals surface area contributed by atoms with E-state index < -0.39 is 17.3 Å². The fourth-order valence-corrected chi connectivity index (χ4v) is 4.82. The molecule has 8 nitrogen and oxygen atoms in total. The van der Waals surface area contributed by atoms with Crippen molar-refractivity contribution in [3.05, 3.63) is 89.7 Å². The summed E-state index contributed by atoms with van der Waals surface area (Å²) in [6.07, 6.45) is 0. The molecule has 1 aliphatic heterocycles. The van der Waals surface area contributed by atoms with Crippen molar-refractivity contribution in [2.24, 2.45) is 0 Å². The molecule has 3 aromatic rings. The monoisotopic (exact) mass is 564 g/mol. The quantitative estimate of drug-likeness (QED) is 0.351. The van der Waals surface area contributed by atoms with Crippen molar-refractivity contribution in [3.8, 4) is 11.5 Å². The van der Waals surface area contributed by atoms with E-state index in [-0.39, 0.29) is 25.0 Å². The van der Waals surface area contributed by atoms with E-state index in [9.17, 15) is 14.0 Å². The molecule has 1 aliphatic rings. The lowest BCUT2D eigenvalue weighted by Crippen LogP contribution is -2.57. The van der Waals surface area contributed by atoms with E-state index in [4.69, 9.17) is 21.7 Å². The highest BCUT2D eigenvalue weighted by atomic mass is 32.1. The zero-order chi connectivity index (χ0) is 28.9. The van der Waals surface area contributed by atoms with Crippen LogP contribution in [0.4, 0.5) is 10.1 Å². The largest absolute Gasteiger partial charge is 0.497 e. The Balaban J connectivity index is 1.58. The van der Waals surface area contributed by atoms with Gasteiger partial charge in [0.15, 0.2) is 5.11 Å².